The lowest BCUT2D eigenvalue weighted by Crippen LogP contribution is -2.25. The van der Waals surface area contributed by atoms with Gasteiger partial charge in [0.05, 0.1) is 28.3 Å². The van der Waals surface area contributed by atoms with E-state index >= 15 is 8.78 Å². The molecule has 4 rings (SSSR count). The number of aliphatic hydroxyl groups is 1. The van der Waals surface area contributed by atoms with Crippen LogP contribution >= 0.6 is 31.0 Å². The smallest absolute Gasteiger partial charge is 0.384 e. The number of halogens is 4. The Morgan fingerprint density at radius 1 is 0.977 bits per heavy atom. The van der Waals surface area contributed by atoms with E-state index in [9.17, 15) is 18.1 Å². The molecule has 3 N–H and O–H groups in total. The number of phosphoric ester groups is 1. The maximum atomic E-state index is 15.9. The fourth-order valence-corrected chi connectivity index (χ4v) is 6.90. The summed E-state index contributed by atoms with van der Waals surface area (Å²) in [5, 5.41) is 11.5. The van der Waals surface area contributed by atoms with Crippen LogP contribution in [0, 0.1) is 11.6 Å². The Balaban J connectivity index is 1.88. The molecule has 0 fully saturated rings. The Hall–Kier alpha value is -2.67. The third-order valence-corrected chi connectivity index (χ3v) is 9.21. The number of imidazole rings is 1. The number of sulfone groups is 1. The standard InChI is InChI=1S/C29H29Cl2F2N2O7PS/c1-28(2,26-19(30)7-6-8-20(26)31)27-34-25(29(3,4)36)14-35(27)23-10-9-16(11-22(23)33)17-12-21(32)18(15-42-43(37,38)39)24(13-17)44(5,40)41/h6-14,36H,15H2,1-5H3,(H2,37,38,39). The van der Waals surface area contributed by atoms with Gasteiger partial charge in [-0.3, -0.25) is 9.09 Å². The highest BCUT2D eigenvalue weighted by Gasteiger charge is 2.36. The first kappa shape index (κ1) is 34.2. The molecule has 9 nitrogen and oxygen atoms in total. The van der Waals surface area contributed by atoms with Gasteiger partial charge >= 0.3 is 7.82 Å². The largest absolute Gasteiger partial charge is 0.469 e. The van der Waals surface area contributed by atoms with E-state index in [1.54, 1.807) is 32.0 Å². The summed E-state index contributed by atoms with van der Waals surface area (Å²) in [7, 11) is -9.14. The van der Waals surface area contributed by atoms with E-state index in [4.69, 9.17) is 33.0 Å². The Morgan fingerprint density at radius 3 is 2.09 bits per heavy atom. The van der Waals surface area contributed by atoms with Crippen molar-refractivity contribution in [2.75, 3.05) is 6.26 Å². The number of rotatable bonds is 9. The van der Waals surface area contributed by atoms with Gasteiger partial charge in [0.1, 0.15) is 23.1 Å². The number of aromatic nitrogens is 2. The number of hydrogen-bond donors (Lipinski definition) is 3. The van der Waals surface area contributed by atoms with Crippen LogP contribution in [0.15, 0.2) is 59.6 Å². The molecule has 1 aromatic heterocycles. The Kier molecular flexibility index (Phi) is 9.27. The molecule has 4 aromatic rings. The lowest BCUT2D eigenvalue weighted by Gasteiger charge is -2.28. The van der Waals surface area contributed by atoms with Gasteiger partial charge in [0, 0.05) is 33.6 Å². The van der Waals surface area contributed by atoms with Crippen molar-refractivity contribution in [3.63, 3.8) is 0 Å². The zero-order valence-electron chi connectivity index (χ0n) is 24.1. The van der Waals surface area contributed by atoms with Crippen molar-refractivity contribution in [2.45, 2.75) is 50.2 Å². The topological polar surface area (TPSA) is 139 Å². The van der Waals surface area contributed by atoms with E-state index in [0.717, 1.165) is 24.5 Å². The van der Waals surface area contributed by atoms with Crippen LogP contribution in [0.25, 0.3) is 16.8 Å². The van der Waals surface area contributed by atoms with Gasteiger partial charge < -0.3 is 14.9 Å². The minimum absolute atomic E-state index is 0.0125. The number of nitrogens with zero attached hydrogens (tertiary/aromatic N) is 2. The highest BCUT2D eigenvalue weighted by atomic mass is 35.5. The van der Waals surface area contributed by atoms with Crippen molar-refractivity contribution in [3.8, 4) is 16.8 Å². The number of hydrogen-bond acceptors (Lipinski definition) is 6. The molecule has 0 bridgehead atoms. The van der Waals surface area contributed by atoms with Crippen molar-refractivity contribution in [1.82, 2.24) is 9.55 Å². The molecule has 0 spiro atoms. The van der Waals surface area contributed by atoms with Crippen molar-refractivity contribution in [2.24, 2.45) is 0 Å². The zero-order valence-corrected chi connectivity index (χ0v) is 27.4. The van der Waals surface area contributed by atoms with E-state index in [-0.39, 0.29) is 22.5 Å². The molecule has 3 aromatic carbocycles. The van der Waals surface area contributed by atoms with Crippen LogP contribution in [0.1, 0.15) is 50.3 Å². The summed E-state index contributed by atoms with van der Waals surface area (Å²) in [6.07, 6.45) is 2.28. The number of benzene rings is 3. The van der Waals surface area contributed by atoms with Crippen molar-refractivity contribution < 1.29 is 41.2 Å². The third kappa shape index (κ3) is 7.08. The second kappa shape index (κ2) is 11.9. The van der Waals surface area contributed by atoms with Crippen molar-refractivity contribution >= 4 is 40.9 Å². The van der Waals surface area contributed by atoms with Crippen molar-refractivity contribution in [3.05, 3.63) is 99.1 Å². The maximum absolute atomic E-state index is 15.9. The lowest BCUT2D eigenvalue weighted by atomic mass is 9.83. The SMILES string of the molecule is CC(C)(O)c1cn(-c2ccc(-c3cc(F)c(COP(=O)(O)O)c(S(C)(=O)=O)c3)cc2F)c(C(C)(C)c2c(Cl)cccc2Cl)n1. The summed E-state index contributed by atoms with van der Waals surface area (Å²) >= 11 is 13.0. The summed E-state index contributed by atoms with van der Waals surface area (Å²) in [6.45, 7) is 5.64. The van der Waals surface area contributed by atoms with Crippen LogP contribution in [0.5, 0.6) is 0 Å². The number of phosphoric acid groups is 1. The second-order valence-electron chi connectivity index (χ2n) is 11.2. The van der Waals surface area contributed by atoms with Gasteiger partial charge in [0.25, 0.3) is 0 Å². The molecule has 0 saturated carbocycles. The quantitative estimate of drug-likeness (QED) is 0.165. The maximum Gasteiger partial charge on any atom is 0.469 e. The minimum Gasteiger partial charge on any atom is -0.384 e. The Bertz CT molecular complexity index is 1900. The average molecular weight is 690 g/mol. The lowest BCUT2D eigenvalue weighted by molar-refractivity contribution is 0.0740. The summed E-state index contributed by atoms with van der Waals surface area (Å²) in [4.78, 5) is 22.1. The summed E-state index contributed by atoms with van der Waals surface area (Å²) in [5.74, 6) is -1.61. The van der Waals surface area contributed by atoms with Gasteiger partial charge in [-0.2, -0.15) is 0 Å². The highest BCUT2D eigenvalue weighted by Crippen LogP contribution is 2.42. The molecule has 236 valence electrons. The predicted octanol–water partition coefficient (Wildman–Crippen LogP) is 6.69. The predicted molar refractivity (Wildman–Crippen MR) is 163 cm³/mol. The van der Waals surface area contributed by atoms with Gasteiger partial charge in [-0.05, 0) is 75.2 Å². The van der Waals surface area contributed by atoms with Gasteiger partial charge in [-0.15, -0.1) is 0 Å². The summed E-state index contributed by atoms with van der Waals surface area (Å²) in [5.41, 5.74) is -2.11. The van der Waals surface area contributed by atoms with Crippen LogP contribution in [-0.2, 0) is 36.5 Å². The molecule has 1 heterocycles. The van der Waals surface area contributed by atoms with E-state index in [1.165, 1.54) is 36.7 Å². The second-order valence-corrected chi connectivity index (χ2v) is 15.3. The van der Waals surface area contributed by atoms with Gasteiger partial charge in [0.15, 0.2) is 9.84 Å². The minimum atomic E-state index is -5.03. The zero-order chi connectivity index (χ0) is 33.0. The molecule has 0 amide bonds. The highest BCUT2D eigenvalue weighted by molar-refractivity contribution is 7.90. The first-order chi connectivity index (χ1) is 20.1. The molecule has 0 saturated heterocycles. The molecule has 0 aliphatic rings. The molecular weight excluding hydrogens is 660 g/mol. The fraction of sp³-hybridized carbons (Fsp3) is 0.276. The molecule has 15 heteroatoms. The van der Waals surface area contributed by atoms with Crippen LogP contribution < -0.4 is 0 Å². The van der Waals surface area contributed by atoms with Crippen LogP contribution in [-0.4, -0.2) is 39.1 Å². The molecule has 0 unspecified atom stereocenters. The van der Waals surface area contributed by atoms with Gasteiger partial charge in [-0.1, -0.05) is 35.3 Å². The first-order valence-corrected chi connectivity index (χ1v) is 17.1. The first-order valence-electron chi connectivity index (χ1n) is 12.9. The summed E-state index contributed by atoms with van der Waals surface area (Å²) in [6, 6.07) is 10.9. The normalized spacial score (nSPS) is 13.0. The molecule has 0 aliphatic heterocycles. The van der Waals surface area contributed by atoms with E-state index < -0.39 is 57.4 Å². The molecule has 44 heavy (non-hydrogen) atoms. The van der Waals surface area contributed by atoms with Crippen LogP contribution in [0.4, 0.5) is 8.78 Å². The van der Waals surface area contributed by atoms with Gasteiger partial charge in [-0.25, -0.2) is 26.7 Å². The average Bonchev–Trinajstić information content (AvgIpc) is 3.33. The molecule has 0 aliphatic carbocycles. The van der Waals surface area contributed by atoms with E-state index in [0.29, 0.717) is 21.4 Å². The summed E-state index contributed by atoms with van der Waals surface area (Å²) < 4.78 is 72.9. The Labute approximate surface area is 263 Å². The van der Waals surface area contributed by atoms with E-state index in [1.807, 2.05) is 0 Å². The monoisotopic (exact) mass is 688 g/mol. The molecule has 0 atom stereocenters. The van der Waals surface area contributed by atoms with E-state index in [2.05, 4.69) is 9.51 Å². The van der Waals surface area contributed by atoms with Crippen LogP contribution in [0.3, 0.4) is 0 Å². The molecule has 0 radical (unpaired) electrons. The fourth-order valence-electron chi connectivity index (χ4n) is 4.79. The third-order valence-electron chi connectivity index (χ3n) is 6.95. The molecular formula is C29H29Cl2F2N2O7PS. The Morgan fingerprint density at radius 2 is 1.57 bits per heavy atom. The van der Waals surface area contributed by atoms with Crippen molar-refractivity contribution in [1.29, 1.82) is 0 Å². The van der Waals surface area contributed by atoms with Gasteiger partial charge in [0.2, 0.25) is 0 Å². The van der Waals surface area contributed by atoms with Crippen LogP contribution in [0.2, 0.25) is 10.0 Å².